The van der Waals surface area contributed by atoms with E-state index in [1.54, 1.807) is 13.0 Å². The minimum Gasteiger partial charge on any atom is -0.352 e. The monoisotopic (exact) mass is 488 g/mol. The Hall–Kier alpha value is -2.56. The summed E-state index contributed by atoms with van der Waals surface area (Å²) in [7, 11) is -3.75. The summed E-state index contributed by atoms with van der Waals surface area (Å²) in [5.41, 5.74) is 1.01. The van der Waals surface area contributed by atoms with Gasteiger partial charge in [0.25, 0.3) is 0 Å². The van der Waals surface area contributed by atoms with E-state index in [1.807, 2.05) is 44.2 Å². The van der Waals surface area contributed by atoms with Crippen molar-refractivity contribution in [2.75, 3.05) is 13.1 Å². The van der Waals surface area contributed by atoms with Gasteiger partial charge in [-0.1, -0.05) is 49.3 Å². The molecule has 1 amide bonds. The first-order chi connectivity index (χ1) is 15.8. The van der Waals surface area contributed by atoms with E-state index >= 15 is 0 Å². The predicted octanol–water partition coefficient (Wildman–Crippen LogP) is 3.95. The molecule has 0 spiro atoms. The number of thiophene rings is 1. The van der Waals surface area contributed by atoms with Crippen LogP contribution in [0.15, 0.2) is 45.8 Å². The number of carbonyl (C=O) groups is 1. The molecule has 1 aromatic carbocycles. The van der Waals surface area contributed by atoms with E-state index in [4.69, 9.17) is 4.52 Å². The van der Waals surface area contributed by atoms with Crippen LogP contribution < -0.4 is 5.32 Å². The summed E-state index contributed by atoms with van der Waals surface area (Å²) < 4.78 is 33.6. The number of nitrogens with zero attached hydrogens (tertiary/aromatic N) is 3. The largest absolute Gasteiger partial charge is 0.352 e. The van der Waals surface area contributed by atoms with Crippen molar-refractivity contribution in [2.45, 2.75) is 51.0 Å². The second kappa shape index (κ2) is 9.74. The molecule has 0 bridgehead atoms. The summed E-state index contributed by atoms with van der Waals surface area (Å²) in [6.45, 7) is 6.69. The highest BCUT2D eigenvalue weighted by atomic mass is 32.2. The summed E-state index contributed by atoms with van der Waals surface area (Å²) in [5, 5.41) is 6.94. The van der Waals surface area contributed by atoms with Gasteiger partial charge < -0.3 is 9.84 Å². The summed E-state index contributed by atoms with van der Waals surface area (Å²) >= 11 is 1.33. The first-order valence-electron chi connectivity index (χ1n) is 11.0. The van der Waals surface area contributed by atoms with Gasteiger partial charge in [-0.05, 0) is 31.4 Å². The Balaban J connectivity index is 1.47. The van der Waals surface area contributed by atoms with E-state index in [9.17, 15) is 13.2 Å². The first-order valence-corrected chi connectivity index (χ1v) is 13.3. The molecule has 0 aliphatic carbocycles. The van der Waals surface area contributed by atoms with Gasteiger partial charge in [0.05, 0.1) is 15.7 Å². The fourth-order valence-corrected chi connectivity index (χ4v) is 6.85. The van der Waals surface area contributed by atoms with E-state index in [2.05, 4.69) is 15.5 Å². The smallest absolute Gasteiger partial charge is 0.244 e. The molecule has 1 fully saturated rings. The van der Waals surface area contributed by atoms with E-state index in [0.29, 0.717) is 47.4 Å². The lowest BCUT2D eigenvalue weighted by atomic mass is 9.99. The van der Waals surface area contributed by atoms with Crippen molar-refractivity contribution in [2.24, 2.45) is 5.92 Å². The summed E-state index contributed by atoms with van der Waals surface area (Å²) in [6.07, 6.45) is 1.31. The third-order valence-electron chi connectivity index (χ3n) is 5.71. The van der Waals surface area contributed by atoms with Gasteiger partial charge in [0.15, 0.2) is 0 Å². The molecular formula is C23H28N4O4S2. The molecule has 1 saturated heterocycles. The molecule has 0 unspecified atom stereocenters. The van der Waals surface area contributed by atoms with Gasteiger partial charge in [0.2, 0.25) is 27.6 Å². The second-order valence-electron chi connectivity index (χ2n) is 8.55. The van der Waals surface area contributed by atoms with Gasteiger partial charge in [-0.25, -0.2) is 8.42 Å². The van der Waals surface area contributed by atoms with Gasteiger partial charge in [-0.2, -0.15) is 9.29 Å². The van der Waals surface area contributed by atoms with E-state index in [1.165, 1.54) is 15.6 Å². The molecule has 1 aliphatic heterocycles. The number of benzene rings is 1. The third-order valence-corrected chi connectivity index (χ3v) is 8.88. The molecule has 8 nitrogen and oxygen atoms in total. The van der Waals surface area contributed by atoms with E-state index in [-0.39, 0.29) is 29.2 Å². The molecule has 4 rings (SSSR count). The zero-order valence-corrected chi connectivity index (χ0v) is 20.6. The Bertz CT molecular complexity index is 1220. The van der Waals surface area contributed by atoms with Crippen LogP contribution in [0.25, 0.3) is 10.7 Å². The van der Waals surface area contributed by atoms with Crippen LogP contribution >= 0.6 is 11.3 Å². The molecule has 1 N–H and O–H groups in total. The number of nitrogens with one attached hydrogen (secondary N) is 1. The zero-order chi connectivity index (χ0) is 23.6. The van der Waals surface area contributed by atoms with Gasteiger partial charge in [-0.15, -0.1) is 11.3 Å². The lowest BCUT2D eigenvalue weighted by Crippen LogP contribution is -2.45. The van der Waals surface area contributed by atoms with E-state index < -0.39 is 10.0 Å². The first kappa shape index (κ1) is 23.6. The second-order valence-corrected chi connectivity index (χ2v) is 11.7. The minimum absolute atomic E-state index is 0.0915. The maximum Gasteiger partial charge on any atom is 0.244 e. The van der Waals surface area contributed by atoms with Crippen LogP contribution in [-0.2, 0) is 21.4 Å². The van der Waals surface area contributed by atoms with Crippen LogP contribution in [0.2, 0.25) is 0 Å². The highest BCUT2D eigenvalue weighted by Crippen LogP contribution is 2.35. The van der Waals surface area contributed by atoms with Gasteiger partial charge >= 0.3 is 0 Å². The van der Waals surface area contributed by atoms with Crippen LogP contribution in [0.1, 0.15) is 48.9 Å². The molecule has 2 aromatic heterocycles. The number of piperidine rings is 1. The Labute approximate surface area is 198 Å². The average Bonchev–Trinajstić information content (AvgIpc) is 3.46. The van der Waals surface area contributed by atoms with Crippen LogP contribution in [0.5, 0.6) is 0 Å². The fourth-order valence-electron chi connectivity index (χ4n) is 3.84. The average molecular weight is 489 g/mol. The Kier molecular flexibility index (Phi) is 6.96. The van der Waals surface area contributed by atoms with Crippen molar-refractivity contribution in [3.05, 3.63) is 52.7 Å². The Morgan fingerprint density at radius 3 is 2.76 bits per heavy atom. The minimum atomic E-state index is -3.75. The maximum atomic E-state index is 13.5. The summed E-state index contributed by atoms with van der Waals surface area (Å²) in [6, 6.07) is 11.3. The number of carbonyl (C=O) groups excluding carboxylic acids is 1. The normalized spacial score (nSPS) is 17.4. The Morgan fingerprint density at radius 1 is 1.30 bits per heavy atom. The number of rotatable bonds is 7. The SMILES string of the molecule is Cc1sc(-c2noc(C(C)C)n2)cc1S(=O)(=O)N1CCC[C@@H](C(=O)NCc2ccccc2)C1. The van der Waals surface area contributed by atoms with E-state index in [0.717, 1.165) is 5.56 Å². The van der Waals surface area contributed by atoms with Crippen LogP contribution in [0, 0.1) is 12.8 Å². The molecule has 0 radical (unpaired) electrons. The topological polar surface area (TPSA) is 105 Å². The molecule has 10 heteroatoms. The quantitative estimate of drug-likeness (QED) is 0.540. The summed E-state index contributed by atoms with van der Waals surface area (Å²) in [5.74, 6) is 0.510. The highest BCUT2D eigenvalue weighted by molar-refractivity contribution is 7.89. The van der Waals surface area contributed by atoms with Gasteiger partial charge in [0, 0.05) is 30.4 Å². The van der Waals surface area contributed by atoms with Crippen LogP contribution in [0.4, 0.5) is 0 Å². The standard InChI is InChI=1S/C23H28N4O4S2/c1-15(2)23-25-21(26-31-23)19-12-20(16(3)32-19)33(29,30)27-11-7-10-18(14-27)22(28)24-13-17-8-5-4-6-9-17/h4-6,8-9,12,15,18H,7,10-11,13-14H2,1-3H3,(H,24,28)/t18-/m1/s1. The number of aromatic nitrogens is 2. The Morgan fingerprint density at radius 2 is 2.06 bits per heavy atom. The van der Waals surface area contributed by atoms with Crippen molar-refractivity contribution in [3.63, 3.8) is 0 Å². The molecule has 1 atom stereocenters. The number of amides is 1. The zero-order valence-electron chi connectivity index (χ0n) is 18.9. The molecule has 3 heterocycles. The lowest BCUT2D eigenvalue weighted by Gasteiger charge is -2.31. The predicted molar refractivity (Wildman–Crippen MR) is 126 cm³/mol. The van der Waals surface area contributed by atoms with Crippen molar-refractivity contribution in [3.8, 4) is 10.7 Å². The highest BCUT2D eigenvalue weighted by Gasteiger charge is 2.35. The molecular weight excluding hydrogens is 460 g/mol. The van der Waals surface area contributed by atoms with Crippen molar-refractivity contribution >= 4 is 27.3 Å². The number of aryl methyl sites for hydroxylation is 1. The van der Waals surface area contributed by atoms with Crippen molar-refractivity contribution in [1.82, 2.24) is 19.8 Å². The molecule has 1 aliphatic rings. The number of hydrogen-bond acceptors (Lipinski definition) is 7. The number of hydrogen-bond donors (Lipinski definition) is 1. The maximum absolute atomic E-state index is 13.5. The fraction of sp³-hybridized carbons (Fsp3) is 0.435. The molecule has 33 heavy (non-hydrogen) atoms. The molecule has 0 saturated carbocycles. The van der Waals surface area contributed by atoms with Crippen molar-refractivity contribution in [1.29, 1.82) is 0 Å². The summed E-state index contributed by atoms with van der Waals surface area (Å²) in [4.78, 5) is 18.7. The lowest BCUT2D eigenvalue weighted by molar-refractivity contribution is -0.126. The third kappa shape index (κ3) is 5.18. The number of sulfonamides is 1. The molecule has 176 valence electrons. The molecule has 3 aromatic rings. The van der Waals surface area contributed by atoms with Crippen LogP contribution in [-0.4, -0.2) is 41.9 Å². The van der Waals surface area contributed by atoms with Gasteiger partial charge in [-0.3, -0.25) is 4.79 Å². The van der Waals surface area contributed by atoms with Gasteiger partial charge in [0.1, 0.15) is 0 Å². The van der Waals surface area contributed by atoms with Crippen molar-refractivity contribution < 1.29 is 17.7 Å². The van der Waals surface area contributed by atoms with Crippen LogP contribution in [0.3, 0.4) is 0 Å².